The lowest BCUT2D eigenvalue weighted by Crippen LogP contribution is -2.69. The number of halogens is 3. The molecule has 2 fully saturated rings. The van der Waals surface area contributed by atoms with E-state index in [2.05, 4.69) is 5.32 Å². The highest BCUT2D eigenvalue weighted by Crippen LogP contribution is 2.30. The summed E-state index contributed by atoms with van der Waals surface area (Å²) in [6.45, 7) is 4.88. The van der Waals surface area contributed by atoms with Gasteiger partial charge in [-0.05, 0) is 6.92 Å². The van der Waals surface area contributed by atoms with E-state index in [1.807, 2.05) is 4.90 Å². The first-order valence-corrected chi connectivity index (χ1v) is 14.6. The van der Waals surface area contributed by atoms with Gasteiger partial charge < -0.3 is 64.6 Å². The average Bonchev–Trinajstić information content (AvgIpc) is 3.29. The van der Waals surface area contributed by atoms with Crippen LogP contribution >= 0.6 is 0 Å². The molecular weight excluding hydrogens is 619 g/mol. The Balaban J connectivity index is 1.39. The van der Waals surface area contributed by atoms with Crippen molar-refractivity contribution in [1.82, 2.24) is 15.5 Å². The number of carbonyl (C=O) groups excluding carboxylic acids is 2. The van der Waals surface area contributed by atoms with E-state index in [1.54, 1.807) is 0 Å². The number of nitrogens with one attached hydrogen (secondary N) is 2. The predicted molar refractivity (Wildman–Crippen MR) is 146 cm³/mol. The fourth-order valence-electron chi connectivity index (χ4n) is 4.43. The van der Waals surface area contributed by atoms with Crippen LogP contribution in [0.2, 0.25) is 0 Å². The number of ether oxygens (including phenoxy) is 6. The number of alkyl halides is 3. The molecule has 2 saturated heterocycles. The smallest absolute Gasteiger partial charge is 0.389 e. The normalized spacial score (nSPS) is 29.2. The van der Waals surface area contributed by atoms with E-state index in [1.165, 1.54) is 12.2 Å². The van der Waals surface area contributed by atoms with Crippen molar-refractivity contribution < 1.29 is 76.7 Å². The number of nitrogens with zero attached hydrogens (tertiary/aromatic N) is 1. The summed E-state index contributed by atoms with van der Waals surface area (Å²) < 4.78 is 69.5. The first-order valence-electron chi connectivity index (χ1n) is 14.6. The molecule has 2 aliphatic heterocycles. The van der Waals surface area contributed by atoms with Crippen LogP contribution in [0.4, 0.5) is 13.2 Å². The number of rotatable bonds is 21. The molecule has 0 aromatic carbocycles. The topological polar surface area (TPSA) is 218 Å². The van der Waals surface area contributed by atoms with E-state index in [4.69, 9.17) is 28.4 Å². The van der Waals surface area contributed by atoms with Crippen molar-refractivity contribution >= 4 is 11.8 Å². The van der Waals surface area contributed by atoms with Crippen molar-refractivity contribution in [3.63, 3.8) is 0 Å². The zero-order valence-corrected chi connectivity index (χ0v) is 25.2. The van der Waals surface area contributed by atoms with Gasteiger partial charge in [0.2, 0.25) is 5.91 Å². The summed E-state index contributed by atoms with van der Waals surface area (Å²) in [5.41, 5.74) is -1.68. The first-order chi connectivity index (χ1) is 21.2. The Kier molecular flexibility index (Phi) is 17.4. The zero-order chi connectivity index (χ0) is 33.5. The number of aliphatic hydroxyl groups is 5. The van der Waals surface area contributed by atoms with Gasteiger partial charge in [-0.15, -0.1) is 0 Å². The van der Waals surface area contributed by atoms with Crippen LogP contribution in [0, 0.1) is 0 Å². The molecule has 2 aliphatic rings. The van der Waals surface area contributed by atoms with E-state index < -0.39 is 54.4 Å². The van der Waals surface area contributed by atoms with Crippen LogP contribution in [0.5, 0.6) is 0 Å². The Morgan fingerprint density at radius 3 is 1.96 bits per heavy atom. The Labute approximate surface area is 258 Å². The molecule has 0 spiro atoms. The van der Waals surface area contributed by atoms with Gasteiger partial charge in [0.1, 0.15) is 23.9 Å². The van der Waals surface area contributed by atoms with E-state index >= 15 is 0 Å². The Morgan fingerprint density at radius 2 is 1.38 bits per heavy atom. The van der Waals surface area contributed by atoms with Crippen LogP contribution in [0.25, 0.3) is 0 Å². The number of hydrogen-bond acceptors (Lipinski definition) is 14. The minimum Gasteiger partial charge on any atom is -0.389 e. The third kappa shape index (κ3) is 14.3. The first kappa shape index (κ1) is 39.4. The summed E-state index contributed by atoms with van der Waals surface area (Å²) in [5, 5.41) is 53.6. The highest BCUT2D eigenvalue weighted by atomic mass is 19.4. The van der Waals surface area contributed by atoms with Crippen molar-refractivity contribution in [2.24, 2.45) is 0 Å². The summed E-state index contributed by atoms with van der Waals surface area (Å²) >= 11 is 0. The van der Waals surface area contributed by atoms with Crippen LogP contribution in [-0.2, 0) is 38.0 Å². The minimum atomic E-state index is -5.25. The minimum absolute atomic E-state index is 0.0294. The zero-order valence-electron chi connectivity index (χ0n) is 25.2. The number of likely N-dealkylation sites (tertiary alicyclic amines) is 1. The van der Waals surface area contributed by atoms with Gasteiger partial charge in [-0.3, -0.25) is 14.5 Å². The molecule has 7 N–H and O–H groups in total. The summed E-state index contributed by atoms with van der Waals surface area (Å²) in [6.07, 6.45) is -12.3. The highest BCUT2D eigenvalue weighted by Gasteiger charge is 2.53. The number of carbonyl (C=O) groups is 2. The molecule has 0 saturated carbocycles. The maximum atomic E-state index is 12.5. The molecule has 0 radical (unpaired) electrons. The maximum Gasteiger partial charge on any atom is 0.471 e. The number of amides is 2. The molecule has 2 heterocycles. The Morgan fingerprint density at radius 1 is 0.844 bits per heavy atom. The van der Waals surface area contributed by atoms with Crippen molar-refractivity contribution in [1.29, 1.82) is 0 Å². The molecule has 2 amide bonds. The highest BCUT2D eigenvalue weighted by molar-refractivity contribution is 5.82. The van der Waals surface area contributed by atoms with Gasteiger partial charge >= 0.3 is 12.1 Å². The molecule has 19 heteroatoms. The summed E-state index contributed by atoms with van der Waals surface area (Å²) in [6, 6.07) is -1.90. The second-order valence-corrected chi connectivity index (χ2v) is 10.7. The fraction of sp³-hybridized carbons (Fsp3) is 0.923. The summed E-state index contributed by atoms with van der Waals surface area (Å²) in [5.74, 6) is -2.57. The second-order valence-electron chi connectivity index (χ2n) is 10.7. The fourth-order valence-corrected chi connectivity index (χ4v) is 4.43. The van der Waals surface area contributed by atoms with Gasteiger partial charge in [-0.1, -0.05) is 0 Å². The van der Waals surface area contributed by atoms with Crippen LogP contribution in [-0.4, -0.2) is 183 Å². The van der Waals surface area contributed by atoms with Crippen molar-refractivity contribution in [3.8, 4) is 0 Å². The SMILES string of the molecule is C[C@]1(COCCOCCOCCOCCNC(=O)CCOCCN2C[C@@H](O)[C@@H](O)C2)O[C@H](O)[C@@H](NC(=O)C(F)(F)F)[C@@H](O)[C@H]1O. The lowest BCUT2D eigenvalue weighted by Gasteiger charge is -2.46. The van der Waals surface area contributed by atoms with Gasteiger partial charge in [0, 0.05) is 32.6 Å². The molecule has 2 rings (SSSR count). The second kappa shape index (κ2) is 19.8. The molecule has 0 aliphatic carbocycles. The molecule has 16 nitrogen and oxygen atoms in total. The average molecular weight is 666 g/mol. The molecule has 7 atom stereocenters. The summed E-state index contributed by atoms with van der Waals surface area (Å²) in [7, 11) is 0. The number of hydrogen-bond donors (Lipinski definition) is 7. The largest absolute Gasteiger partial charge is 0.471 e. The quantitative estimate of drug-likeness (QED) is 0.0592. The van der Waals surface area contributed by atoms with Gasteiger partial charge in [0.15, 0.2) is 6.29 Å². The van der Waals surface area contributed by atoms with Gasteiger partial charge in [0.05, 0.1) is 78.3 Å². The van der Waals surface area contributed by atoms with E-state index in [0.29, 0.717) is 52.6 Å². The Hall–Kier alpha value is -1.75. The molecule has 0 aromatic heterocycles. The van der Waals surface area contributed by atoms with Gasteiger partial charge in [0.25, 0.3) is 0 Å². The van der Waals surface area contributed by atoms with Crippen LogP contribution in [0.1, 0.15) is 13.3 Å². The van der Waals surface area contributed by atoms with Crippen LogP contribution < -0.4 is 10.6 Å². The van der Waals surface area contributed by atoms with Crippen molar-refractivity contribution in [3.05, 3.63) is 0 Å². The van der Waals surface area contributed by atoms with E-state index in [-0.39, 0.29) is 52.0 Å². The third-order valence-electron chi connectivity index (χ3n) is 7.00. The van der Waals surface area contributed by atoms with Crippen LogP contribution in [0.3, 0.4) is 0 Å². The third-order valence-corrected chi connectivity index (χ3v) is 7.00. The molecule has 0 unspecified atom stereocenters. The summed E-state index contributed by atoms with van der Waals surface area (Å²) in [4.78, 5) is 24.8. The van der Waals surface area contributed by atoms with Gasteiger partial charge in [-0.2, -0.15) is 13.2 Å². The molecule has 45 heavy (non-hydrogen) atoms. The van der Waals surface area contributed by atoms with Crippen LogP contribution in [0.15, 0.2) is 0 Å². The monoisotopic (exact) mass is 665 g/mol. The number of β-amino-alcohol motifs (C(OH)–C–C–N with tert-alkyl or cyclic N) is 2. The van der Waals surface area contributed by atoms with Crippen molar-refractivity contribution in [2.75, 3.05) is 92.2 Å². The van der Waals surface area contributed by atoms with E-state index in [0.717, 1.165) is 0 Å². The van der Waals surface area contributed by atoms with Crippen molar-refractivity contribution in [2.45, 2.75) is 61.9 Å². The molecule has 264 valence electrons. The lowest BCUT2D eigenvalue weighted by molar-refractivity contribution is -0.298. The molecule has 0 aromatic rings. The predicted octanol–water partition coefficient (Wildman–Crippen LogP) is -3.51. The molecular formula is C26H46F3N3O13. The van der Waals surface area contributed by atoms with Gasteiger partial charge in [-0.25, -0.2) is 0 Å². The Bertz CT molecular complexity index is 868. The lowest BCUT2D eigenvalue weighted by atomic mass is 9.87. The maximum absolute atomic E-state index is 12.5. The standard InChI is InChI=1S/C26H46F3N3O13/c1-25(22(37)21(36)20(23(38)45-25)31-24(39)26(27,28)29)16-44-13-12-43-11-10-42-9-8-41-6-3-30-19(35)2-5-40-7-4-32-14-17(33)18(34)15-32/h17-18,20-23,33-34,36-38H,2-16H2,1H3,(H,30,35)(H,31,39)/t17-,18+,20-,21+,22+,23-,25+/m0/s1. The van der Waals surface area contributed by atoms with E-state index in [9.17, 15) is 48.3 Å². The molecule has 0 bridgehead atoms. The number of aliphatic hydroxyl groups excluding tert-OH is 5.